The van der Waals surface area contributed by atoms with E-state index in [9.17, 15) is 8.42 Å². The Morgan fingerprint density at radius 2 is 1.94 bits per heavy atom. The lowest BCUT2D eigenvalue weighted by Crippen LogP contribution is -2.36. The SMILES string of the molecule is CCCCS(=O)(=O)C1CCC(NCC)C1C. The van der Waals surface area contributed by atoms with Gasteiger partial charge in [0.2, 0.25) is 0 Å². The predicted octanol–water partition coefficient (Wildman–Crippen LogP) is 1.98. The van der Waals surface area contributed by atoms with Crippen molar-refractivity contribution >= 4 is 9.84 Å². The average molecular weight is 247 g/mol. The minimum absolute atomic E-state index is 0.108. The van der Waals surface area contributed by atoms with Gasteiger partial charge >= 0.3 is 0 Å². The first kappa shape index (κ1) is 14.0. The number of unbranched alkanes of at least 4 members (excludes halogenated alkanes) is 1. The second-order valence-electron chi connectivity index (χ2n) is 4.86. The number of sulfone groups is 1. The van der Waals surface area contributed by atoms with Crippen LogP contribution >= 0.6 is 0 Å². The highest BCUT2D eigenvalue weighted by atomic mass is 32.2. The Hall–Kier alpha value is -0.0900. The summed E-state index contributed by atoms with van der Waals surface area (Å²) in [5.74, 6) is 0.638. The lowest BCUT2D eigenvalue weighted by Gasteiger charge is -2.21. The van der Waals surface area contributed by atoms with Gasteiger partial charge in [-0.25, -0.2) is 8.42 Å². The van der Waals surface area contributed by atoms with E-state index in [4.69, 9.17) is 0 Å². The molecule has 0 aromatic heterocycles. The molecular formula is C12H25NO2S. The lowest BCUT2D eigenvalue weighted by atomic mass is 10.1. The Morgan fingerprint density at radius 1 is 1.25 bits per heavy atom. The molecule has 0 aromatic carbocycles. The Balaban J connectivity index is 2.61. The van der Waals surface area contributed by atoms with Crippen LogP contribution in [0.25, 0.3) is 0 Å². The largest absolute Gasteiger partial charge is 0.314 e. The molecule has 1 aliphatic carbocycles. The second-order valence-corrected chi connectivity index (χ2v) is 7.20. The van der Waals surface area contributed by atoms with Crippen molar-refractivity contribution < 1.29 is 8.42 Å². The van der Waals surface area contributed by atoms with Crippen LogP contribution in [-0.2, 0) is 9.84 Å². The van der Waals surface area contributed by atoms with Crippen molar-refractivity contribution in [3.05, 3.63) is 0 Å². The first-order valence-corrected chi connectivity index (χ1v) is 8.19. The molecule has 1 aliphatic rings. The molecule has 96 valence electrons. The van der Waals surface area contributed by atoms with Crippen LogP contribution in [0.3, 0.4) is 0 Å². The molecule has 1 N–H and O–H groups in total. The summed E-state index contributed by atoms with van der Waals surface area (Å²) in [6.07, 6.45) is 3.60. The fourth-order valence-corrected chi connectivity index (χ4v) is 5.02. The molecule has 1 saturated carbocycles. The predicted molar refractivity (Wildman–Crippen MR) is 68.3 cm³/mol. The van der Waals surface area contributed by atoms with Gasteiger partial charge in [-0.3, -0.25) is 0 Å². The molecule has 0 amide bonds. The van der Waals surface area contributed by atoms with E-state index in [0.29, 0.717) is 11.8 Å². The van der Waals surface area contributed by atoms with Crippen molar-refractivity contribution in [3.8, 4) is 0 Å². The third-order valence-corrected chi connectivity index (χ3v) is 6.14. The molecule has 0 bridgehead atoms. The monoisotopic (exact) mass is 247 g/mol. The summed E-state index contributed by atoms with van der Waals surface area (Å²) in [7, 11) is -2.86. The zero-order valence-electron chi connectivity index (χ0n) is 10.7. The lowest BCUT2D eigenvalue weighted by molar-refractivity contribution is 0.433. The number of hydrogen-bond acceptors (Lipinski definition) is 3. The van der Waals surface area contributed by atoms with Crippen molar-refractivity contribution in [2.24, 2.45) is 5.92 Å². The van der Waals surface area contributed by atoms with E-state index >= 15 is 0 Å². The standard InChI is InChI=1S/C12H25NO2S/c1-4-6-9-16(14,15)12-8-7-11(10(12)3)13-5-2/h10-13H,4-9H2,1-3H3. The molecule has 0 radical (unpaired) electrons. The zero-order chi connectivity index (χ0) is 12.2. The van der Waals surface area contributed by atoms with Crippen LogP contribution < -0.4 is 5.32 Å². The molecule has 3 unspecified atom stereocenters. The molecule has 0 spiro atoms. The van der Waals surface area contributed by atoms with Gasteiger partial charge in [0.05, 0.1) is 11.0 Å². The number of nitrogens with one attached hydrogen (secondary N) is 1. The molecule has 0 aromatic rings. The number of rotatable bonds is 6. The summed E-state index contributed by atoms with van der Waals surface area (Å²) in [6, 6.07) is 0.395. The third-order valence-electron chi connectivity index (χ3n) is 3.69. The smallest absolute Gasteiger partial charge is 0.153 e. The molecule has 3 nitrogen and oxygen atoms in total. The Kier molecular flexibility index (Phi) is 5.25. The van der Waals surface area contributed by atoms with Crippen LogP contribution in [0.2, 0.25) is 0 Å². The first-order chi connectivity index (χ1) is 7.53. The maximum absolute atomic E-state index is 12.1. The topological polar surface area (TPSA) is 46.2 Å². The van der Waals surface area contributed by atoms with Crippen molar-refractivity contribution in [2.75, 3.05) is 12.3 Å². The van der Waals surface area contributed by atoms with Crippen LogP contribution in [-0.4, -0.2) is 32.0 Å². The van der Waals surface area contributed by atoms with Gasteiger partial charge in [0.15, 0.2) is 9.84 Å². The molecule has 0 saturated heterocycles. The highest BCUT2D eigenvalue weighted by Gasteiger charge is 2.39. The minimum atomic E-state index is -2.86. The van der Waals surface area contributed by atoms with Gasteiger partial charge in [-0.1, -0.05) is 27.2 Å². The zero-order valence-corrected chi connectivity index (χ0v) is 11.5. The maximum Gasteiger partial charge on any atom is 0.153 e. The van der Waals surface area contributed by atoms with Crippen LogP contribution in [0, 0.1) is 5.92 Å². The second kappa shape index (κ2) is 6.01. The molecule has 4 heteroatoms. The van der Waals surface area contributed by atoms with Crippen molar-refractivity contribution in [1.29, 1.82) is 0 Å². The summed E-state index contributed by atoms with van der Waals surface area (Å²) >= 11 is 0. The van der Waals surface area contributed by atoms with Gasteiger partial charge < -0.3 is 5.32 Å². The molecule has 1 rings (SSSR count). The van der Waals surface area contributed by atoms with E-state index in [0.717, 1.165) is 32.2 Å². The minimum Gasteiger partial charge on any atom is -0.314 e. The molecule has 3 atom stereocenters. The fourth-order valence-electron chi connectivity index (χ4n) is 2.68. The summed E-state index contributed by atoms with van der Waals surface area (Å²) in [5.41, 5.74) is 0. The molecule has 0 heterocycles. The van der Waals surface area contributed by atoms with E-state index in [1.807, 2.05) is 6.92 Å². The van der Waals surface area contributed by atoms with Crippen LogP contribution in [0.4, 0.5) is 0 Å². The highest BCUT2D eigenvalue weighted by Crippen LogP contribution is 2.32. The van der Waals surface area contributed by atoms with Gasteiger partial charge in [0.1, 0.15) is 0 Å². The molecular weight excluding hydrogens is 222 g/mol. The molecule has 16 heavy (non-hydrogen) atoms. The van der Waals surface area contributed by atoms with Gasteiger partial charge in [-0.2, -0.15) is 0 Å². The van der Waals surface area contributed by atoms with Gasteiger partial charge in [0.25, 0.3) is 0 Å². The summed E-state index contributed by atoms with van der Waals surface area (Å²) in [5, 5.41) is 3.28. The quantitative estimate of drug-likeness (QED) is 0.780. The van der Waals surface area contributed by atoms with Gasteiger partial charge in [-0.15, -0.1) is 0 Å². The fraction of sp³-hybridized carbons (Fsp3) is 1.00. The average Bonchev–Trinajstić information content (AvgIpc) is 2.59. The van der Waals surface area contributed by atoms with Crippen LogP contribution in [0.5, 0.6) is 0 Å². The Bertz CT molecular complexity index is 300. The van der Waals surface area contributed by atoms with E-state index in [1.54, 1.807) is 0 Å². The van der Waals surface area contributed by atoms with Crippen molar-refractivity contribution in [2.45, 2.75) is 57.7 Å². The van der Waals surface area contributed by atoms with Gasteiger partial charge in [-0.05, 0) is 31.7 Å². The van der Waals surface area contributed by atoms with E-state index in [1.165, 1.54) is 0 Å². The summed E-state index contributed by atoms with van der Waals surface area (Å²) in [4.78, 5) is 0. The van der Waals surface area contributed by atoms with Gasteiger partial charge in [0, 0.05) is 6.04 Å². The maximum atomic E-state index is 12.1. The normalized spacial score (nSPS) is 30.8. The Labute approximate surface area is 99.9 Å². The summed E-state index contributed by atoms with van der Waals surface area (Å²) < 4.78 is 24.2. The third kappa shape index (κ3) is 3.20. The van der Waals surface area contributed by atoms with Crippen LogP contribution in [0.15, 0.2) is 0 Å². The Morgan fingerprint density at radius 3 is 2.50 bits per heavy atom. The van der Waals surface area contributed by atoms with Crippen LogP contribution in [0.1, 0.15) is 46.5 Å². The van der Waals surface area contributed by atoms with Crippen molar-refractivity contribution in [1.82, 2.24) is 5.32 Å². The highest BCUT2D eigenvalue weighted by molar-refractivity contribution is 7.92. The molecule has 0 aliphatic heterocycles. The summed E-state index contributed by atoms with van der Waals surface area (Å²) in [6.45, 7) is 7.12. The molecule has 1 fully saturated rings. The van der Waals surface area contributed by atoms with E-state index < -0.39 is 9.84 Å². The number of hydrogen-bond donors (Lipinski definition) is 1. The van der Waals surface area contributed by atoms with E-state index in [2.05, 4.69) is 19.2 Å². The first-order valence-electron chi connectivity index (χ1n) is 6.47. The van der Waals surface area contributed by atoms with Crippen molar-refractivity contribution in [3.63, 3.8) is 0 Å². The van der Waals surface area contributed by atoms with E-state index in [-0.39, 0.29) is 11.2 Å².